The maximum absolute atomic E-state index is 13.7. The molecule has 0 N–H and O–H groups in total. The van der Waals surface area contributed by atoms with Crippen molar-refractivity contribution in [3.8, 4) is 0 Å². The molecule has 5 heteroatoms. The van der Waals surface area contributed by atoms with Crippen LogP contribution in [0.25, 0.3) is 0 Å². The van der Waals surface area contributed by atoms with Crippen molar-refractivity contribution >= 4 is 23.2 Å². The number of rotatable bonds is 4. The highest BCUT2D eigenvalue weighted by Gasteiger charge is 2.45. The standard InChI is InChI=1S/C24H21F3OP/c25-18-4-10-22(11-5-18)29(17-21-3-1-2-16-28-21,23-12-6-19(26)7-13-23)24-14-8-20(27)9-15-24/h4-15,17H,1-3,16H2/q+1/b21-17-. The Morgan fingerprint density at radius 2 is 1.03 bits per heavy atom. The van der Waals surface area contributed by atoms with Crippen molar-refractivity contribution in [1.29, 1.82) is 0 Å². The second-order valence-electron chi connectivity index (χ2n) is 7.05. The van der Waals surface area contributed by atoms with Crippen LogP contribution in [0.1, 0.15) is 19.3 Å². The van der Waals surface area contributed by atoms with E-state index in [0.717, 1.165) is 40.9 Å². The molecule has 0 aliphatic carbocycles. The Bertz CT molecular complexity index is 877. The number of hydrogen-bond acceptors (Lipinski definition) is 1. The summed E-state index contributed by atoms with van der Waals surface area (Å²) in [7, 11) is -2.47. The lowest BCUT2D eigenvalue weighted by atomic mass is 10.2. The molecule has 1 aliphatic rings. The maximum atomic E-state index is 13.7. The van der Waals surface area contributed by atoms with Gasteiger partial charge < -0.3 is 4.74 Å². The minimum Gasteiger partial charge on any atom is -0.494 e. The van der Waals surface area contributed by atoms with Crippen molar-refractivity contribution in [2.45, 2.75) is 19.3 Å². The van der Waals surface area contributed by atoms with Gasteiger partial charge in [-0.05, 0) is 85.6 Å². The SMILES string of the molecule is Fc1ccc([P+](/C=C2/CCCCO2)(c2ccc(F)cc2)c2ccc(F)cc2)cc1. The van der Waals surface area contributed by atoms with Gasteiger partial charge in [0.25, 0.3) is 0 Å². The molecule has 1 nitrogen and oxygen atoms in total. The van der Waals surface area contributed by atoms with Crippen LogP contribution in [0.3, 0.4) is 0 Å². The molecule has 0 saturated carbocycles. The Morgan fingerprint density at radius 3 is 1.38 bits per heavy atom. The first-order valence-corrected chi connectivity index (χ1v) is 11.5. The summed E-state index contributed by atoms with van der Waals surface area (Å²) in [6, 6.07) is 19.1. The van der Waals surface area contributed by atoms with Crippen LogP contribution in [0.2, 0.25) is 0 Å². The molecular formula is C24H21F3OP+. The van der Waals surface area contributed by atoms with Gasteiger partial charge in [-0.3, -0.25) is 0 Å². The second kappa shape index (κ2) is 8.42. The van der Waals surface area contributed by atoms with E-state index in [0.29, 0.717) is 6.61 Å². The Labute approximate surface area is 169 Å². The van der Waals surface area contributed by atoms with Crippen LogP contribution in [0.5, 0.6) is 0 Å². The summed E-state index contributed by atoms with van der Waals surface area (Å²) >= 11 is 0. The average Bonchev–Trinajstić information content (AvgIpc) is 2.75. The van der Waals surface area contributed by atoms with Crippen LogP contribution in [0.4, 0.5) is 13.2 Å². The predicted molar refractivity (Wildman–Crippen MR) is 113 cm³/mol. The number of hydrogen-bond donors (Lipinski definition) is 0. The molecule has 4 rings (SSSR count). The highest BCUT2D eigenvalue weighted by molar-refractivity contribution is 7.98. The van der Waals surface area contributed by atoms with Crippen molar-refractivity contribution in [2.24, 2.45) is 0 Å². The Balaban J connectivity index is 2.01. The average molecular weight is 413 g/mol. The predicted octanol–water partition coefficient (Wildman–Crippen LogP) is 5.44. The van der Waals surface area contributed by atoms with Crippen molar-refractivity contribution in [1.82, 2.24) is 0 Å². The highest BCUT2D eigenvalue weighted by atomic mass is 31.2. The van der Waals surface area contributed by atoms with E-state index in [9.17, 15) is 13.2 Å². The van der Waals surface area contributed by atoms with Gasteiger partial charge in [0.2, 0.25) is 0 Å². The van der Waals surface area contributed by atoms with Crippen LogP contribution >= 0.6 is 7.26 Å². The molecule has 3 aromatic rings. The maximum Gasteiger partial charge on any atom is 0.140 e. The topological polar surface area (TPSA) is 9.23 Å². The Morgan fingerprint density at radius 1 is 0.621 bits per heavy atom. The molecular weight excluding hydrogens is 392 g/mol. The first kappa shape index (κ1) is 19.7. The number of benzene rings is 3. The van der Waals surface area contributed by atoms with Gasteiger partial charge in [0.1, 0.15) is 52.2 Å². The second-order valence-corrected chi connectivity index (χ2v) is 10.3. The Kier molecular flexibility index (Phi) is 5.73. The summed E-state index contributed by atoms with van der Waals surface area (Å²) in [5.41, 5.74) is 0. The van der Waals surface area contributed by atoms with E-state index < -0.39 is 7.26 Å². The van der Waals surface area contributed by atoms with Crippen LogP contribution in [-0.2, 0) is 4.74 Å². The number of halogens is 3. The third-order valence-corrected chi connectivity index (χ3v) is 9.16. The van der Waals surface area contributed by atoms with E-state index in [1.807, 2.05) is 0 Å². The largest absolute Gasteiger partial charge is 0.494 e. The van der Waals surface area contributed by atoms with E-state index in [1.165, 1.54) is 36.4 Å². The molecule has 1 fully saturated rings. The quantitative estimate of drug-likeness (QED) is 0.518. The van der Waals surface area contributed by atoms with Crippen molar-refractivity contribution in [3.05, 3.63) is 102 Å². The molecule has 1 aliphatic heterocycles. The third-order valence-electron chi connectivity index (χ3n) is 5.14. The zero-order chi connectivity index (χ0) is 20.3. The first-order valence-electron chi connectivity index (χ1n) is 9.60. The Hall–Kier alpha value is -2.58. The molecule has 1 saturated heterocycles. The van der Waals surface area contributed by atoms with Crippen LogP contribution < -0.4 is 15.9 Å². The molecule has 0 spiro atoms. The zero-order valence-electron chi connectivity index (χ0n) is 15.8. The van der Waals surface area contributed by atoms with Gasteiger partial charge in [0, 0.05) is 6.42 Å². The van der Waals surface area contributed by atoms with Gasteiger partial charge in [-0.1, -0.05) is 0 Å². The molecule has 0 bridgehead atoms. The molecule has 1 heterocycles. The highest BCUT2D eigenvalue weighted by Crippen LogP contribution is 2.58. The lowest BCUT2D eigenvalue weighted by Crippen LogP contribution is -2.30. The number of allylic oxidation sites excluding steroid dienone is 1. The molecule has 0 radical (unpaired) electrons. The van der Waals surface area contributed by atoms with Gasteiger partial charge in [0.15, 0.2) is 0 Å². The van der Waals surface area contributed by atoms with Gasteiger partial charge in [-0.25, -0.2) is 13.2 Å². The van der Waals surface area contributed by atoms with E-state index in [-0.39, 0.29) is 17.5 Å². The molecule has 0 amide bonds. The van der Waals surface area contributed by atoms with Gasteiger partial charge in [-0.15, -0.1) is 0 Å². The third kappa shape index (κ3) is 4.09. The van der Waals surface area contributed by atoms with Crippen LogP contribution in [0, 0.1) is 17.5 Å². The molecule has 0 atom stereocenters. The summed E-state index contributed by atoms with van der Waals surface area (Å²) in [4.78, 5) is 0. The van der Waals surface area contributed by atoms with Crippen molar-refractivity contribution in [3.63, 3.8) is 0 Å². The molecule has 148 valence electrons. The summed E-state index contributed by atoms with van der Waals surface area (Å²) in [5, 5.41) is 2.70. The minimum atomic E-state index is -2.47. The van der Waals surface area contributed by atoms with E-state index >= 15 is 0 Å². The summed E-state index contributed by atoms with van der Waals surface area (Å²) in [5.74, 6) is 2.02. The number of ether oxygens (including phenoxy) is 1. The fourth-order valence-electron chi connectivity index (χ4n) is 3.69. The van der Waals surface area contributed by atoms with Gasteiger partial charge in [-0.2, -0.15) is 0 Å². The fraction of sp³-hybridized carbons (Fsp3) is 0.167. The normalized spacial score (nSPS) is 15.9. The lowest BCUT2D eigenvalue weighted by molar-refractivity contribution is 0.167. The molecule has 0 aromatic heterocycles. The molecule has 0 unspecified atom stereocenters. The fourth-order valence-corrected chi connectivity index (χ4v) is 7.53. The van der Waals surface area contributed by atoms with Gasteiger partial charge in [0.05, 0.1) is 6.61 Å². The van der Waals surface area contributed by atoms with Crippen molar-refractivity contribution in [2.75, 3.05) is 6.61 Å². The van der Waals surface area contributed by atoms with E-state index in [4.69, 9.17) is 4.74 Å². The molecule has 29 heavy (non-hydrogen) atoms. The monoisotopic (exact) mass is 413 g/mol. The van der Waals surface area contributed by atoms with Crippen molar-refractivity contribution < 1.29 is 17.9 Å². The summed E-state index contributed by atoms with van der Waals surface area (Å²) in [6.07, 6.45) is 2.85. The zero-order valence-corrected chi connectivity index (χ0v) is 16.7. The van der Waals surface area contributed by atoms with E-state index in [1.54, 1.807) is 36.4 Å². The first-order chi connectivity index (χ1) is 14.1. The van der Waals surface area contributed by atoms with E-state index in [2.05, 4.69) is 5.82 Å². The van der Waals surface area contributed by atoms with Gasteiger partial charge >= 0.3 is 0 Å². The summed E-state index contributed by atoms with van der Waals surface area (Å²) < 4.78 is 47.1. The smallest absolute Gasteiger partial charge is 0.140 e. The van der Waals surface area contributed by atoms with Crippen LogP contribution in [-0.4, -0.2) is 6.61 Å². The van der Waals surface area contributed by atoms with Crippen LogP contribution in [0.15, 0.2) is 84.4 Å². The molecule has 3 aromatic carbocycles. The lowest BCUT2D eigenvalue weighted by Gasteiger charge is -2.26. The summed E-state index contributed by atoms with van der Waals surface area (Å²) in [6.45, 7) is 0.655. The minimum absolute atomic E-state index is 0.327.